The average molecular weight is 354 g/mol. The molecule has 0 aliphatic carbocycles. The number of benzene rings is 1. The van der Waals surface area contributed by atoms with Crippen LogP contribution in [0.3, 0.4) is 0 Å². The number of hydrogen-bond acceptors (Lipinski definition) is 3. The van der Waals surface area contributed by atoms with Crippen molar-refractivity contribution in [2.24, 2.45) is 7.05 Å². The average Bonchev–Trinajstić information content (AvgIpc) is 2.66. The van der Waals surface area contributed by atoms with E-state index in [2.05, 4.69) is 64.5 Å². The third-order valence-electron chi connectivity index (χ3n) is 2.90. The fourth-order valence-electron chi connectivity index (χ4n) is 1.88. The van der Waals surface area contributed by atoms with Gasteiger partial charge in [0.1, 0.15) is 0 Å². The molecule has 108 valence electrons. The van der Waals surface area contributed by atoms with Crippen molar-refractivity contribution >= 4 is 27.7 Å². The summed E-state index contributed by atoms with van der Waals surface area (Å²) < 4.78 is 3.03. The molecule has 1 aromatic heterocycles. The number of halogens is 1. The van der Waals surface area contributed by atoms with E-state index in [1.165, 1.54) is 10.5 Å². The van der Waals surface area contributed by atoms with Crippen LogP contribution in [-0.4, -0.2) is 15.8 Å². The van der Waals surface area contributed by atoms with Gasteiger partial charge in [0, 0.05) is 29.0 Å². The topological polar surface area (TPSA) is 29.9 Å². The minimum Gasteiger partial charge on any atom is -0.310 e. The first kappa shape index (κ1) is 15.6. The van der Waals surface area contributed by atoms with Gasteiger partial charge in [0.05, 0.1) is 10.7 Å². The molecule has 0 amide bonds. The van der Waals surface area contributed by atoms with Gasteiger partial charge < -0.3 is 5.32 Å². The number of hydrogen-bond donors (Lipinski definition) is 1. The largest absolute Gasteiger partial charge is 0.310 e. The summed E-state index contributed by atoms with van der Waals surface area (Å²) in [4.78, 5) is 1.26. The molecule has 0 unspecified atom stereocenters. The summed E-state index contributed by atoms with van der Waals surface area (Å²) in [6.07, 6.45) is 0. The monoisotopic (exact) mass is 353 g/mol. The van der Waals surface area contributed by atoms with Crippen molar-refractivity contribution in [1.29, 1.82) is 0 Å². The molecule has 0 aliphatic heterocycles. The van der Waals surface area contributed by atoms with E-state index in [1.54, 1.807) is 11.8 Å². The quantitative estimate of drug-likeness (QED) is 0.875. The molecule has 0 aliphatic rings. The van der Waals surface area contributed by atoms with Gasteiger partial charge in [0.15, 0.2) is 0 Å². The maximum atomic E-state index is 4.40. The Morgan fingerprint density at radius 1 is 1.35 bits per heavy atom. The Kier molecular flexibility index (Phi) is 5.29. The van der Waals surface area contributed by atoms with Crippen molar-refractivity contribution in [3.8, 4) is 0 Å². The lowest BCUT2D eigenvalue weighted by Crippen LogP contribution is -2.22. The van der Waals surface area contributed by atoms with E-state index >= 15 is 0 Å². The van der Waals surface area contributed by atoms with Crippen molar-refractivity contribution in [1.82, 2.24) is 15.1 Å². The normalized spacial score (nSPS) is 11.3. The molecule has 0 fully saturated rings. The molecular weight excluding hydrogens is 334 g/mol. The van der Waals surface area contributed by atoms with Gasteiger partial charge in [0.2, 0.25) is 0 Å². The van der Waals surface area contributed by atoms with Crippen molar-refractivity contribution in [3.05, 3.63) is 40.0 Å². The number of rotatable bonds is 5. The first-order valence-electron chi connectivity index (χ1n) is 6.66. The summed E-state index contributed by atoms with van der Waals surface area (Å²) in [5.74, 6) is 0. The van der Waals surface area contributed by atoms with Crippen LogP contribution in [-0.2, 0) is 13.6 Å². The Bertz CT molecular complexity index is 593. The Morgan fingerprint density at radius 2 is 2.10 bits per heavy atom. The van der Waals surface area contributed by atoms with Crippen LogP contribution >= 0.6 is 27.7 Å². The van der Waals surface area contributed by atoms with Crippen molar-refractivity contribution < 1.29 is 0 Å². The van der Waals surface area contributed by atoms with E-state index < -0.39 is 0 Å². The number of nitrogens with zero attached hydrogens (tertiary/aromatic N) is 2. The van der Waals surface area contributed by atoms with Gasteiger partial charge in [-0.1, -0.05) is 47.6 Å². The summed E-state index contributed by atoms with van der Waals surface area (Å²) in [6, 6.07) is 9.03. The third kappa shape index (κ3) is 4.11. The van der Waals surface area contributed by atoms with Gasteiger partial charge in [-0.25, -0.2) is 0 Å². The highest BCUT2D eigenvalue weighted by atomic mass is 79.9. The zero-order valence-corrected chi connectivity index (χ0v) is 14.7. The minimum atomic E-state index is 0.482. The van der Waals surface area contributed by atoms with Crippen LogP contribution in [0, 0.1) is 6.92 Å². The predicted molar refractivity (Wildman–Crippen MR) is 88.2 cm³/mol. The van der Waals surface area contributed by atoms with Crippen LogP contribution in [0.15, 0.2) is 38.7 Å². The predicted octanol–water partition coefficient (Wildman–Crippen LogP) is 4.14. The van der Waals surface area contributed by atoms with E-state index in [0.29, 0.717) is 6.04 Å². The van der Waals surface area contributed by atoms with Crippen molar-refractivity contribution in [3.63, 3.8) is 0 Å². The molecule has 2 rings (SSSR count). The molecule has 0 saturated heterocycles. The number of aromatic nitrogens is 2. The fraction of sp³-hybridized carbons (Fsp3) is 0.400. The zero-order chi connectivity index (χ0) is 14.7. The summed E-state index contributed by atoms with van der Waals surface area (Å²) >= 11 is 5.32. The van der Waals surface area contributed by atoms with E-state index in [9.17, 15) is 0 Å². The summed E-state index contributed by atoms with van der Waals surface area (Å²) in [5, 5.41) is 9.04. The van der Waals surface area contributed by atoms with E-state index in [1.807, 2.05) is 18.7 Å². The molecule has 20 heavy (non-hydrogen) atoms. The Morgan fingerprint density at radius 3 is 2.70 bits per heavy atom. The first-order valence-corrected chi connectivity index (χ1v) is 8.27. The lowest BCUT2D eigenvalue weighted by molar-refractivity contribution is 0.584. The SMILES string of the molecule is Cc1cc(Sc2cc(Br)ccc2CNC(C)C)n(C)n1. The third-order valence-corrected chi connectivity index (χ3v) is 4.59. The molecule has 0 radical (unpaired) electrons. The fourth-order valence-corrected chi connectivity index (χ4v) is 3.48. The van der Waals surface area contributed by atoms with Crippen LogP contribution in [0.5, 0.6) is 0 Å². The van der Waals surface area contributed by atoms with Crippen molar-refractivity contribution in [2.45, 2.75) is 43.3 Å². The molecule has 0 bridgehead atoms. The lowest BCUT2D eigenvalue weighted by atomic mass is 10.2. The highest BCUT2D eigenvalue weighted by Crippen LogP contribution is 2.32. The molecule has 1 N–H and O–H groups in total. The maximum absolute atomic E-state index is 4.40. The highest BCUT2D eigenvalue weighted by Gasteiger charge is 2.09. The van der Waals surface area contributed by atoms with E-state index in [0.717, 1.165) is 21.7 Å². The van der Waals surface area contributed by atoms with Gasteiger partial charge in [-0.2, -0.15) is 5.10 Å². The van der Waals surface area contributed by atoms with Crippen LogP contribution in [0.2, 0.25) is 0 Å². The van der Waals surface area contributed by atoms with Crippen LogP contribution in [0.4, 0.5) is 0 Å². The summed E-state index contributed by atoms with van der Waals surface area (Å²) in [7, 11) is 1.99. The van der Waals surface area contributed by atoms with Crippen LogP contribution < -0.4 is 5.32 Å². The Labute approximate surface area is 133 Å². The molecule has 0 saturated carbocycles. The summed E-state index contributed by atoms with van der Waals surface area (Å²) in [6.45, 7) is 7.22. The second kappa shape index (κ2) is 6.78. The number of nitrogens with one attached hydrogen (secondary N) is 1. The van der Waals surface area contributed by atoms with Gasteiger partial charge in [-0.3, -0.25) is 4.68 Å². The number of aryl methyl sites for hydroxylation is 2. The van der Waals surface area contributed by atoms with Crippen molar-refractivity contribution in [2.75, 3.05) is 0 Å². The standard InChI is InChI=1S/C15H20BrN3S/c1-10(2)17-9-12-5-6-13(16)8-14(12)20-15-7-11(3)18-19(15)4/h5-8,10,17H,9H2,1-4H3. The molecule has 0 atom stereocenters. The lowest BCUT2D eigenvalue weighted by Gasteiger charge is -2.13. The summed E-state index contributed by atoms with van der Waals surface area (Å²) in [5.41, 5.74) is 2.36. The van der Waals surface area contributed by atoms with E-state index in [4.69, 9.17) is 0 Å². The van der Waals surface area contributed by atoms with Gasteiger partial charge in [-0.15, -0.1) is 0 Å². The van der Waals surface area contributed by atoms with Crippen LogP contribution in [0.25, 0.3) is 0 Å². The molecule has 1 heterocycles. The minimum absolute atomic E-state index is 0.482. The van der Waals surface area contributed by atoms with Gasteiger partial charge >= 0.3 is 0 Å². The molecule has 3 nitrogen and oxygen atoms in total. The molecule has 0 spiro atoms. The Hall–Kier alpha value is -0.780. The molecular formula is C15H20BrN3S. The van der Waals surface area contributed by atoms with Gasteiger partial charge in [-0.05, 0) is 30.7 Å². The smallest absolute Gasteiger partial charge is 0.0987 e. The molecule has 5 heteroatoms. The van der Waals surface area contributed by atoms with Crippen LogP contribution in [0.1, 0.15) is 25.1 Å². The first-order chi connectivity index (χ1) is 9.45. The van der Waals surface area contributed by atoms with E-state index in [-0.39, 0.29) is 0 Å². The molecule has 2 aromatic rings. The zero-order valence-electron chi connectivity index (χ0n) is 12.3. The molecule has 1 aromatic carbocycles. The maximum Gasteiger partial charge on any atom is 0.0987 e. The van der Waals surface area contributed by atoms with Gasteiger partial charge in [0.25, 0.3) is 0 Å². The Balaban J connectivity index is 2.25. The second-order valence-corrected chi connectivity index (χ2v) is 7.12. The second-order valence-electron chi connectivity index (χ2n) is 5.14. The highest BCUT2D eigenvalue weighted by molar-refractivity contribution is 9.10.